The Morgan fingerprint density at radius 1 is 1.00 bits per heavy atom. The first-order valence-electron chi connectivity index (χ1n) is 10.1. The normalized spacial score (nSPS) is 15.6. The van der Waals surface area contributed by atoms with Crippen LogP contribution in [0.25, 0.3) is 22.4 Å². The molecule has 164 valence electrons. The number of thioether (sulfide) groups is 1. The van der Waals surface area contributed by atoms with Crippen LogP contribution >= 0.6 is 34.4 Å². The standard InChI is InChI=1S/C24H22N3OS3.HI/c1-4-27-17-10-6-8-12-19(17)30-23(27)15-22-26(3)24(28)20(31-22)13-14-21-25(2)16-9-5-7-11-18(16)29-21;/h5-15H,4H2,1-3H3;1H/q+1;/p-1. The van der Waals surface area contributed by atoms with Crippen LogP contribution in [0.3, 0.4) is 0 Å². The van der Waals surface area contributed by atoms with Crippen LogP contribution in [0.2, 0.25) is 0 Å². The molecule has 8 heteroatoms. The summed E-state index contributed by atoms with van der Waals surface area (Å²) in [5, 5.41) is 2.28. The number of nitrogens with zero attached hydrogens (tertiary/aromatic N) is 3. The molecular weight excluding hydrogens is 569 g/mol. The summed E-state index contributed by atoms with van der Waals surface area (Å²) in [5.41, 5.74) is 2.48. The fourth-order valence-corrected chi connectivity index (χ4v) is 6.99. The fourth-order valence-electron chi connectivity index (χ4n) is 3.73. The Hall–Kier alpha value is -1.88. The van der Waals surface area contributed by atoms with Crippen molar-refractivity contribution in [1.29, 1.82) is 0 Å². The summed E-state index contributed by atoms with van der Waals surface area (Å²) in [6, 6.07) is 16.8. The van der Waals surface area contributed by atoms with Crippen molar-refractivity contribution >= 4 is 62.5 Å². The van der Waals surface area contributed by atoms with Crippen molar-refractivity contribution in [3.05, 3.63) is 84.2 Å². The van der Waals surface area contributed by atoms with Gasteiger partial charge in [-0.15, -0.1) is 11.3 Å². The molecule has 5 rings (SSSR count). The Kier molecular flexibility index (Phi) is 6.94. The highest BCUT2D eigenvalue weighted by molar-refractivity contribution is 8.03. The lowest BCUT2D eigenvalue weighted by atomic mass is 10.3. The smallest absolute Gasteiger partial charge is 0.268 e. The number of thiazole rings is 2. The lowest BCUT2D eigenvalue weighted by Gasteiger charge is -2.12. The number of halogens is 1. The molecule has 2 aromatic carbocycles. The molecule has 1 aliphatic rings. The lowest BCUT2D eigenvalue weighted by molar-refractivity contribution is -0.665. The van der Waals surface area contributed by atoms with Crippen LogP contribution in [0.1, 0.15) is 11.9 Å². The number of hydrogen-bond donors (Lipinski definition) is 0. The zero-order chi connectivity index (χ0) is 21.5. The summed E-state index contributed by atoms with van der Waals surface area (Å²) in [7, 11) is 3.92. The van der Waals surface area contributed by atoms with Crippen molar-refractivity contribution in [3.8, 4) is 0 Å². The molecular formula is C24H22IN3OS3. The first-order chi connectivity index (χ1) is 15.1. The maximum Gasteiger partial charge on any atom is 0.268 e. The van der Waals surface area contributed by atoms with Crippen LogP contribution in [-0.2, 0) is 13.6 Å². The molecule has 0 N–H and O–H groups in total. The Balaban J connectivity index is 0.00000245. The second-order valence-electron chi connectivity index (χ2n) is 7.27. The number of hydrogen-bond acceptors (Lipinski definition) is 5. The van der Waals surface area contributed by atoms with Crippen LogP contribution in [0.15, 0.2) is 69.3 Å². The van der Waals surface area contributed by atoms with Crippen molar-refractivity contribution < 1.29 is 28.5 Å². The van der Waals surface area contributed by atoms with Gasteiger partial charge < -0.3 is 33.4 Å². The molecule has 0 radical (unpaired) electrons. The fraction of sp³-hybridized carbons (Fsp3) is 0.167. The minimum atomic E-state index is 0. The monoisotopic (exact) mass is 591 g/mol. The molecule has 2 aromatic heterocycles. The van der Waals surface area contributed by atoms with Gasteiger partial charge in [0.05, 0.1) is 21.3 Å². The summed E-state index contributed by atoms with van der Waals surface area (Å²) in [6.07, 6.45) is 6.14. The molecule has 0 fully saturated rings. The minimum absolute atomic E-state index is 0. The summed E-state index contributed by atoms with van der Waals surface area (Å²) in [4.78, 5) is 16.3. The Morgan fingerprint density at radius 3 is 2.53 bits per heavy atom. The molecule has 32 heavy (non-hydrogen) atoms. The van der Waals surface area contributed by atoms with E-state index in [1.54, 1.807) is 27.7 Å². The first kappa shape index (κ1) is 23.3. The maximum atomic E-state index is 12.9. The Morgan fingerprint density at radius 2 is 1.75 bits per heavy atom. The van der Waals surface area contributed by atoms with E-state index in [2.05, 4.69) is 78.0 Å². The van der Waals surface area contributed by atoms with E-state index in [1.165, 1.54) is 32.1 Å². The van der Waals surface area contributed by atoms with Crippen LogP contribution in [-0.4, -0.2) is 11.6 Å². The molecule has 0 bridgehead atoms. The van der Waals surface area contributed by atoms with Gasteiger partial charge in [-0.2, -0.15) is 4.57 Å². The van der Waals surface area contributed by atoms with E-state index in [-0.39, 0.29) is 29.5 Å². The SMILES string of the molecule is CC[n+]1c(C=c2sc(=CC=C3Sc4ccccc4N3C)c(=O)n2C)sc2ccccc21.[I-]. The zero-order valence-electron chi connectivity index (χ0n) is 17.9. The van der Waals surface area contributed by atoms with Crippen LogP contribution in [0.4, 0.5) is 5.69 Å². The summed E-state index contributed by atoms with van der Waals surface area (Å²) >= 11 is 5.03. The number of anilines is 1. The zero-order valence-corrected chi connectivity index (χ0v) is 22.5. The topological polar surface area (TPSA) is 29.1 Å². The van der Waals surface area contributed by atoms with Gasteiger partial charge in [0.2, 0.25) is 5.52 Å². The third-order valence-corrected chi connectivity index (χ3v) is 8.84. The van der Waals surface area contributed by atoms with Crippen LogP contribution in [0, 0.1) is 0 Å². The summed E-state index contributed by atoms with van der Waals surface area (Å²) in [5.74, 6) is 0. The third kappa shape index (κ3) is 4.09. The summed E-state index contributed by atoms with van der Waals surface area (Å²) < 4.78 is 7.01. The second-order valence-corrected chi connectivity index (χ2v) is 10.5. The number of allylic oxidation sites excluding steroid dienone is 1. The average molecular weight is 592 g/mol. The van der Waals surface area contributed by atoms with Crippen molar-refractivity contribution in [2.45, 2.75) is 18.4 Å². The predicted octanol–water partition coefficient (Wildman–Crippen LogP) is 0.666. The van der Waals surface area contributed by atoms with Gasteiger partial charge in [0, 0.05) is 25.1 Å². The number of aromatic nitrogens is 2. The third-order valence-electron chi connectivity index (χ3n) is 5.41. The van der Waals surface area contributed by atoms with E-state index in [4.69, 9.17) is 0 Å². The molecule has 0 spiro atoms. The van der Waals surface area contributed by atoms with Gasteiger partial charge in [0.15, 0.2) is 0 Å². The predicted molar refractivity (Wildman–Crippen MR) is 133 cm³/mol. The van der Waals surface area contributed by atoms with Crippen molar-refractivity contribution in [2.24, 2.45) is 7.05 Å². The van der Waals surface area contributed by atoms with E-state index in [1.807, 2.05) is 19.2 Å². The van der Waals surface area contributed by atoms with E-state index >= 15 is 0 Å². The molecule has 0 unspecified atom stereocenters. The van der Waals surface area contributed by atoms with Gasteiger partial charge in [0.25, 0.3) is 10.6 Å². The molecule has 0 atom stereocenters. The highest BCUT2D eigenvalue weighted by Gasteiger charge is 2.20. The lowest BCUT2D eigenvalue weighted by Crippen LogP contribution is -3.00. The molecule has 0 amide bonds. The molecule has 4 aromatic rings. The van der Waals surface area contributed by atoms with E-state index < -0.39 is 0 Å². The van der Waals surface area contributed by atoms with Crippen molar-refractivity contribution in [1.82, 2.24) is 4.57 Å². The van der Waals surface area contributed by atoms with Gasteiger partial charge in [-0.25, -0.2) is 0 Å². The van der Waals surface area contributed by atoms with Gasteiger partial charge >= 0.3 is 0 Å². The van der Waals surface area contributed by atoms with Gasteiger partial charge in [-0.3, -0.25) is 4.79 Å². The maximum absolute atomic E-state index is 12.9. The summed E-state index contributed by atoms with van der Waals surface area (Å²) in [6.45, 7) is 3.05. The molecule has 3 heterocycles. The van der Waals surface area contributed by atoms with Crippen LogP contribution in [0.5, 0.6) is 0 Å². The number of fused-ring (bicyclic) bond motifs is 2. The minimum Gasteiger partial charge on any atom is -1.00 e. The van der Waals surface area contributed by atoms with Gasteiger partial charge in [-0.05, 0) is 37.3 Å². The van der Waals surface area contributed by atoms with Gasteiger partial charge in [0.1, 0.15) is 15.9 Å². The molecule has 1 aliphatic heterocycles. The second kappa shape index (κ2) is 9.54. The van der Waals surface area contributed by atoms with Crippen molar-refractivity contribution in [2.75, 3.05) is 11.9 Å². The highest BCUT2D eigenvalue weighted by Crippen LogP contribution is 2.44. The Bertz CT molecular complexity index is 1510. The number of benzene rings is 2. The molecule has 0 saturated heterocycles. The van der Waals surface area contributed by atoms with Crippen molar-refractivity contribution in [3.63, 3.8) is 0 Å². The molecule has 0 saturated carbocycles. The van der Waals surface area contributed by atoms with Gasteiger partial charge in [-0.1, -0.05) is 47.4 Å². The quantitative estimate of drug-likeness (QED) is 0.259. The van der Waals surface area contributed by atoms with E-state index in [0.717, 1.165) is 25.8 Å². The highest BCUT2D eigenvalue weighted by atomic mass is 127. The van der Waals surface area contributed by atoms with Crippen LogP contribution < -0.4 is 48.2 Å². The van der Waals surface area contributed by atoms with E-state index in [0.29, 0.717) is 0 Å². The molecule has 4 nitrogen and oxygen atoms in total. The average Bonchev–Trinajstić information content (AvgIpc) is 3.39. The number of para-hydroxylation sites is 2. The largest absolute Gasteiger partial charge is 1.00 e. The number of rotatable bonds is 3. The Labute approximate surface area is 215 Å². The number of aryl methyl sites for hydroxylation is 1. The first-order valence-corrected chi connectivity index (χ1v) is 12.5. The van der Waals surface area contributed by atoms with E-state index in [9.17, 15) is 4.79 Å². The molecule has 0 aliphatic carbocycles.